The lowest BCUT2D eigenvalue weighted by molar-refractivity contribution is 0.102. The summed E-state index contributed by atoms with van der Waals surface area (Å²) in [4.78, 5) is 13.4. The number of hydrogen-bond acceptors (Lipinski definition) is 7. The number of benzene rings is 1. The first kappa shape index (κ1) is 17.9. The van der Waals surface area contributed by atoms with Crippen molar-refractivity contribution in [3.8, 4) is 22.3 Å². The molecule has 0 aliphatic carbocycles. The van der Waals surface area contributed by atoms with Gasteiger partial charge in [-0.15, -0.1) is 16.4 Å². The third-order valence-electron chi connectivity index (χ3n) is 3.22. The van der Waals surface area contributed by atoms with Crippen molar-refractivity contribution in [2.75, 3.05) is 12.4 Å². The number of nitrogens with zero attached hydrogens (tertiary/aromatic N) is 2. The summed E-state index contributed by atoms with van der Waals surface area (Å²) in [5, 5.41) is 12.3. The molecule has 1 N–H and O–H groups in total. The highest BCUT2D eigenvalue weighted by Gasteiger charge is 2.19. The van der Waals surface area contributed by atoms with Gasteiger partial charge in [-0.1, -0.05) is 11.2 Å². The monoisotopic (exact) mass is 373 g/mol. The van der Waals surface area contributed by atoms with Crippen LogP contribution in [0.15, 0.2) is 40.1 Å². The van der Waals surface area contributed by atoms with Crippen molar-refractivity contribution in [3.63, 3.8) is 0 Å². The number of thiophene rings is 1. The van der Waals surface area contributed by atoms with Crippen LogP contribution in [-0.4, -0.2) is 28.8 Å². The number of rotatable bonds is 5. The molecule has 0 aliphatic rings. The van der Waals surface area contributed by atoms with Crippen LogP contribution in [0.5, 0.6) is 11.5 Å². The third kappa shape index (κ3) is 4.20. The Hall–Kier alpha value is -2.87. The standard InChI is InChI=1S/C18H19N3O4S/c1-18(2,3)25-11-7-8-12(13(10-11)23-4)15(22)19-17-21-20-16(24-17)14-6-5-9-26-14/h5-10H,1-4H3,(H,19,21,22). The van der Waals surface area contributed by atoms with E-state index < -0.39 is 5.91 Å². The zero-order valence-electron chi connectivity index (χ0n) is 14.9. The molecule has 0 radical (unpaired) electrons. The maximum atomic E-state index is 12.5. The molecule has 0 spiro atoms. The highest BCUT2D eigenvalue weighted by Crippen LogP contribution is 2.28. The molecular formula is C18H19N3O4S. The van der Waals surface area contributed by atoms with Crippen LogP contribution in [-0.2, 0) is 0 Å². The topological polar surface area (TPSA) is 86.5 Å². The molecule has 3 aromatic rings. The maximum Gasteiger partial charge on any atom is 0.322 e. The lowest BCUT2D eigenvalue weighted by Gasteiger charge is -2.22. The van der Waals surface area contributed by atoms with Crippen LogP contribution >= 0.6 is 11.3 Å². The predicted octanol–water partition coefficient (Wildman–Crippen LogP) is 4.24. The summed E-state index contributed by atoms with van der Waals surface area (Å²) < 4.78 is 16.6. The van der Waals surface area contributed by atoms with Gasteiger partial charge < -0.3 is 13.9 Å². The molecule has 26 heavy (non-hydrogen) atoms. The Balaban J connectivity index is 1.77. The largest absolute Gasteiger partial charge is 0.496 e. The molecule has 7 nitrogen and oxygen atoms in total. The van der Waals surface area contributed by atoms with Gasteiger partial charge in [0.1, 0.15) is 17.1 Å². The summed E-state index contributed by atoms with van der Waals surface area (Å²) in [7, 11) is 1.49. The SMILES string of the molecule is COc1cc(OC(C)(C)C)ccc1C(=O)Nc1nnc(-c2cccs2)o1. The first-order valence-corrected chi connectivity index (χ1v) is 8.79. The molecule has 136 valence electrons. The Bertz CT molecular complexity index is 898. The van der Waals surface area contributed by atoms with Crippen molar-refractivity contribution < 1.29 is 18.7 Å². The van der Waals surface area contributed by atoms with E-state index in [1.807, 2.05) is 38.3 Å². The summed E-state index contributed by atoms with van der Waals surface area (Å²) >= 11 is 1.47. The normalized spacial score (nSPS) is 11.2. The van der Waals surface area contributed by atoms with E-state index in [0.29, 0.717) is 23.0 Å². The number of nitrogens with one attached hydrogen (secondary N) is 1. The van der Waals surface area contributed by atoms with Gasteiger partial charge in [0, 0.05) is 6.07 Å². The maximum absolute atomic E-state index is 12.5. The molecule has 3 rings (SSSR count). The minimum Gasteiger partial charge on any atom is -0.496 e. The first-order valence-electron chi connectivity index (χ1n) is 7.91. The van der Waals surface area contributed by atoms with Crippen molar-refractivity contribution in [2.24, 2.45) is 0 Å². The zero-order chi connectivity index (χ0) is 18.7. The van der Waals surface area contributed by atoms with Crippen molar-refractivity contribution >= 4 is 23.3 Å². The zero-order valence-corrected chi connectivity index (χ0v) is 15.7. The minimum atomic E-state index is -0.412. The van der Waals surface area contributed by atoms with Crippen molar-refractivity contribution in [1.29, 1.82) is 0 Å². The molecule has 0 bridgehead atoms. The van der Waals surface area contributed by atoms with Crippen LogP contribution in [0.4, 0.5) is 6.01 Å². The van der Waals surface area contributed by atoms with Crippen LogP contribution in [0.25, 0.3) is 10.8 Å². The van der Waals surface area contributed by atoms with Gasteiger partial charge in [-0.25, -0.2) is 0 Å². The van der Waals surface area contributed by atoms with Gasteiger partial charge in [0.15, 0.2) is 0 Å². The van der Waals surface area contributed by atoms with Gasteiger partial charge in [-0.2, -0.15) is 0 Å². The Morgan fingerprint density at radius 2 is 2.04 bits per heavy atom. The van der Waals surface area contributed by atoms with Crippen molar-refractivity contribution in [3.05, 3.63) is 41.3 Å². The molecule has 0 unspecified atom stereocenters. The average molecular weight is 373 g/mol. The Kier molecular flexibility index (Phi) is 4.94. The fourth-order valence-electron chi connectivity index (χ4n) is 2.21. The lowest BCUT2D eigenvalue weighted by Crippen LogP contribution is -2.23. The molecule has 0 saturated heterocycles. The van der Waals surface area contributed by atoms with E-state index in [1.54, 1.807) is 18.2 Å². The summed E-state index contributed by atoms with van der Waals surface area (Å²) in [6, 6.07) is 8.79. The summed E-state index contributed by atoms with van der Waals surface area (Å²) in [5.74, 6) is 0.952. The third-order valence-corrected chi connectivity index (χ3v) is 4.08. The van der Waals surface area contributed by atoms with Gasteiger partial charge in [-0.05, 0) is 44.4 Å². The fraction of sp³-hybridized carbons (Fsp3) is 0.278. The number of hydrogen-bond donors (Lipinski definition) is 1. The molecule has 0 atom stereocenters. The minimum absolute atomic E-state index is 0.0236. The van der Waals surface area contributed by atoms with Gasteiger partial charge in [0.2, 0.25) is 0 Å². The number of carbonyl (C=O) groups excluding carboxylic acids is 1. The van der Waals surface area contributed by atoms with Crippen molar-refractivity contribution in [1.82, 2.24) is 10.2 Å². The van der Waals surface area contributed by atoms with Gasteiger partial charge >= 0.3 is 6.01 Å². The molecular weight excluding hydrogens is 354 g/mol. The van der Waals surface area contributed by atoms with E-state index in [0.717, 1.165) is 4.88 Å². The number of methoxy groups -OCH3 is 1. The second kappa shape index (κ2) is 7.17. The Morgan fingerprint density at radius 3 is 2.69 bits per heavy atom. The molecule has 8 heteroatoms. The number of ether oxygens (including phenoxy) is 2. The van der Waals surface area contributed by atoms with Crippen LogP contribution in [0, 0.1) is 0 Å². The molecule has 0 saturated carbocycles. The Morgan fingerprint density at radius 1 is 1.23 bits per heavy atom. The highest BCUT2D eigenvalue weighted by atomic mass is 32.1. The van der Waals surface area contributed by atoms with E-state index in [-0.39, 0.29) is 11.6 Å². The fourth-order valence-corrected chi connectivity index (χ4v) is 2.86. The van der Waals surface area contributed by atoms with E-state index >= 15 is 0 Å². The number of carbonyl (C=O) groups is 1. The van der Waals surface area contributed by atoms with Crippen LogP contribution < -0.4 is 14.8 Å². The summed E-state index contributed by atoms with van der Waals surface area (Å²) in [6.07, 6.45) is 0. The van der Waals surface area contributed by atoms with E-state index in [2.05, 4.69) is 15.5 Å². The molecule has 2 aromatic heterocycles. The second-order valence-corrected chi connectivity index (χ2v) is 7.37. The molecule has 0 aliphatic heterocycles. The first-order chi connectivity index (χ1) is 12.4. The molecule has 2 heterocycles. The second-order valence-electron chi connectivity index (χ2n) is 6.42. The van der Waals surface area contributed by atoms with Gasteiger partial charge in [0.25, 0.3) is 11.8 Å². The summed E-state index contributed by atoms with van der Waals surface area (Å²) in [5.41, 5.74) is -0.0128. The van der Waals surface area contributed by atoms with Gasteiger partial charge in [-0.3, -0.25) is 10.1 Å². The number of anilines is 1. The smallest absolute Gasteiger partial charge is 0.322 e. The molecule has 0 fully saturated rings. The number of amides is 1. The van der Waals surface area contributed by atoms with Gasteiger partial charge in [0.05, 0.1) is 17.6 Å². The molecule has 1 aromatic carbocycles. The van der Waals surface area contributed by atoms with E-state index in [9.17, 15) is 4.79 Å². The Labute approximate surface area is 155 Å². The van der Waals surface area contributed by atoms with Crippen LogP contribution in [0.3, 0.4) is 0 Å². The predicted molar refractivity (Wildman–Crippen MR) is 98.9 cm³/mol. The number of aromatic nitrogens is 2. The quantitative estimate of drug-likeness (QED) is 0.720. The highest BCUT2D eigenvalue weighted by molar-refractivity contribution is 7.13. The van der Waals surface area contributed by atoms with Crippen LogP contribution in [0.2, 0.25) is 0 Å². The van der Waals surface area contributed by atoms with E-state index in [1.165, 1.54) is 18.4 Å². The van der Waals surface area contributed by atoms with E-state index in [4.69, 9.17) is 13.9 Å². The van der Waals surface area contributed by atoms with Crippen LogP contribution in [0.1, 0.15) is 31.1 Å². The lowest BCUT2D eigenvalue weighted by atomic mass is 10.1. The molecule has 1 amide bonds. The van der Waals surface area contributed by atoms with Crippen molar-refractivity contribution in [2.45, 2.75) is 26.4 Å². The summed E-state index contributed by atoms with van der Waals surface area (Å²) in [6.45, 7) is 5.84. The average Bonchev–Trinajstić information content (AvgIpc) is 3.24.